The molecule has 3 heteroatoms. The molecule has 0 radical (unpaired) electrons. The lowest BCUT2D eigenvalue weighted by atomic mass is 10.2. The van der Waals surface area contributed by atoms with Crippen LogP contribution >= 0.6 is 11.6 Å². The lowest BCUT2D eigenvalue weighted by Crippen LogP contribution is -1.94. The Bertz CT molecular complexity index is 495. The van der Waals surface area contributed by atoms with Crippen molar-refractivity contribution in [2.24, 2.45) is 0 Å². The van der Waals surface area contributed by atoms with Gasteiger partial charge in [0.1, 0.15) is 0 Å². The summed E-state index contributed by atoms with van der Waals surface area (Å²) in [7, 11) is 0. The predicted octanol–water partition coefficient (Wildman–Crippen LogP) is 3.41. The SMILES string of the molecule is Cc1cnc(-c2ccccc2Cl)nc1C. The van der Waals surface area contributed by atoms with Gasteiger partial charge in [-0.3, -0.25) is 0 Å². The van der Waals surface area contributed by atoms with Crippen LogP contribution in [0.1, 0.15) is 11.3 Å². The molecule has 0 fully saturated rings. The van der Waals surface area contributed by atoms with Crippen molar-refractivity contribution in [3.05, 3.63) is 46.7 Å². The normalized spacial score (nSPS) is 10.3. The average Bonchev–Trinajstić information content (AvgIpc) is 2.23. The van der Waals surface area contributed by atoms with E-state index >= 15 is 0 Å². The first-order valence-electron chi connectivity index (χ1n) is 4.73. The molecule has 0 aliphatic rings. The van der Waals surface area contributed by atoms with Crippen LogP contribution in [-0.2, 0) is 0 Å². The molecule has 0 atom stereocenters. The number of benzene rings is 1. The molecule has 0 aliphatic carbocycles. The Labute approximate surface area is 94.0 Å². The van der Waals surface area contributed by atoms with E-state index in [0.29, 0.717) is 10.8 Å². The first-order valence-corrected chi connectivity index (χ1v) is 5.11. The van der Waals surface area contributed by atoms with E-state index in [1.807, 2.05) is 44.3 Å². The summed E-state index contributed by atoms with van der Waals surface area (Å²) in [6.45, 7) is 3.96. The molecule has 0 spiro atoms. The summed E-state index contributed by atoms with van der Waals surface area (Å²) >= 11 is 6.07. The van der Waals surface area contributed by atoms with Crippen molar-refractivity contribution in [2.75, 3.05) is 0 Å². The summed E-state index contributed by atoms with van der Waals surface area (Å²) in [5, 5.41) is 0.681. The maximum atomic E-state index is 6.07. The van der Waals surface area contributed by atoms with Crippen molar-refractivity contribution in [2.45, 2.75) is 13.8 Å². The highest BCUT2D eigenvalue weighted by Gasteiger charge is 2.06. The topological polar surface area (TPSA) is 25.8 Å². The van der Waals surface area contributed by atoms with E-state index in [2.05, 4.69) is 9.97 Å². The van der Waals surface area contributed by atoms with Gasteiger partial charge in [0.2, 0.25) is 0 Å². The summed E-state index contributed by atoms with van der Waals surface area (Å²) in [4.78, 5) is 8.68. The van der Waals surface area contributed by atoms with Crippen LogP contribution in [0.2, 0.25) is 5.02 Å². The Balaban J connectivity index is 2.55. The molecule has 1 aromatic carbocycles. The zero-order chi connectivity index (χ0) is 10.8. The minimum Gasteiger partial charge on any atom is -0.236 e. The summed E-state index contributed by atoms with van der Waals surface area (Å²) in [6, 6.07) is 7.59. The summed E-state index contributed by atoms with van der Waals surface area (Å²) in [5.41, 5.74) is 2.95. The maximum absolute atomic E-state index is 6.07. The van der Waals surface area contributed by atoms with Gasteiger partial charge in [0.25, 0.3) is 0 Å². The number of rotatable bonds is 1. The van der Waals surface area contributed by atoms with E-state index in [1.165, 1.54) is 0 Å². The van der Waals surface area contributed by atoms with Crippen molar-refractivity contribution in [1.82, 2.24) is 9.97 Å². The predicted molar refractivity (Wildman–Crippen MR) is 62.0 cm³/mol. The molecule has 15 heavy (non-hydrogen) atoms. The van der Waals surface area contributed by atoms with E-state index in [-0.39, 0.29) is 0 Å². The van der Waals surface area contributed by atoms with Crippen molar-refractivity contribution in [3.63, 3.8) is 0 Å². The molecule has 0 amide bonds. The van der Waals surface area contributed by atoms with Crippen LogP contribution in [0, 0.1) is 13.8 Å². The van der Waals surface area contributed by atoms with Crippen LogP contribution in [0.4, 0.5) is 0 Å². The van der Waals surface area contributed by atoms with Crippen LogP contribution in [0.25, 0.3) is 11.4 Å². The van der Waals surface area contributed by atoms with Crippen molar-refractivity contribution >= 4 is 11.6 Å². The lowest BCUT2D eigenvalue weighted by Gasteiger charge is -2.04. The molecule has 0 aliphatic heterocycles. The fourth-order valence-corrected chi connectivity index (χ4v) is 1.52. The smallest absolute Gasteiger partial charge is 0.160 e. The molecule has 2 rings (SSSR count). The molecule has 2 aromatic rings. The monoisotopic (exact) mass is 218 g/mol. The van der Waals surface area contributed by atoms with E-state index in [0.717, 1.165) is 16.8 Å². The summed E-state index contributed by atoms with van der Waals surface area (Å²) in [5.74, 6) is 0.684. The van der Waals surface area contributed by atoms with Crippen LogP contribution in [0.3, 0.4) is 0 Å². The standard InChI is InChI=1S/C12H11ClN2/c1-8-7-14-12(15-9(8)2)10-5-3-4-6-11(10)13/h3-7H,1-2H3. The Hall–Kier alpha value is -1.41. The highest BCUT2D eigenvalue weighted by Crippen LogP contribution is 2.24. The molecule has 0 N–H and O–H groups in total. The second kappa shape index (κ2) is 3.99. The van der Waals surface area contributed by atoms with Gasteiger partial charge in [-0.05, 0) is 31.5 Å². The summed E-state index contributed by atoms with van der Waals surface area (Å²) < 4.78 is 0. The zero-order valence-corrected chi connectivity index (χ0v) is 9.42. The van der Waals surface area contributed by atoms with Gasteiger partial charge in [-0.1, -0.05) is 23.7 Å². The largest absolute Gasteiger partial charge is 0.236 e. The van der Waals surface area contributed by atoms with Gasteiger partial charge in [-0.15, -0.1) is 0 Å². The van der Waals surface area contributed by atoms with Gasteiger partial charge in [0, 0.05) is 17.5 Å². The summed E-state index contributed by atoms with van der Waals surface area (Å²) in [6.07, 6.45) is 1.82. The van der Waals surface area contributed by atoms with Crippen molar-refractivity contribution in [3.8, 4) is 11.4 Å². The van der Waals surface area contributed by atoms with Crippen LogP contribution < -0.4 is 0 Å². The molecule has 1 heterocycles. The number of aryl methyl sites for hydroxylation is 2. The molecule has 2 nitrogen and oxygen atoms in total. The van der Waals surface area contributed by atoms with Crippen LogP contribution in [-0.4, -0.2) is 9.97 Å². The molecular weight excluding hydrogens is 208 g/mol. The molecule has 0 unspecified atom stereocenters. The zero-order valence-electron chi connectivity index (χ0n) is 8.66. The van der Waals surface area contributed by atoms with E-state index in [4.69, 9.17) is 11.6 Å². The molecule has 0 bridgehead atoms. The molecule has 0 saturated carbocycles. The fourth-order valence-electron chi connectivity index (χ4n) is 1.30. The van der Waals surface area contributed by atoms with Gasteiger partial charge in [-0.25, -0.2) is 9.97 Å². The van der Waals surface area contributed by atoms with E-state index in [1.54, 1.807) is 0 Å². The van der Waals surface area contributed by atoms with Crippen LogP contribution in [0.15, 0.2) is 30.5 Å². The number of halogens is 1. The second-order valence-corrected chi connectivity index (χ2v) is 3.85. The fraction of sp³-hybridized carbons (Fsp3) is 0.167. The Kier molecular flexibility index (Phi) is 2.69. The third kappa shape index (κ3) is 2.00. The number of nitrogens with zero attached hydrogens (tertiary/aromatic N) is 2. The van der Waals surface area contributed by atoms with Gasteiger partial charge >= 0.3 is 0 Å². The molecule has 0 saturated heterocycles. The third-order valence-electron chi connectivity index (χ3n) is 2.34. The van der Waals surface area contributed by atoms with Gasteiger partial charge in [-0.2, -0.15) is 0 Å². The second-order valence-electron chi connectivity index (χ2n) is 3.44. The Morgan fingerprint density at radius 2 is 1.87 bits per heavy atom. The van der Waals surface area contributed by atoms with Gasteiger partial charge < -0.3 is 0 Å². The molecular formula is C12H11ClN2. The molecule has 1 aromatic heterocycles. The minimum absolute atomic E-state index is 0.681. The Morgan fingerprint density at radius 1 is 1.13 bits per heavy atom. The minimum atomic E-state index is 0.681. The highest BCUT2D eigenvalue weighted by atomic mass is 35.5. The highest BCUT2D eigenvalue weighted by molar-refractivity contribution is 6.33. The first kappa shape index (κ1) is 10.1. The lowest BCUT2D eigenvalue weighted by molar-refractivity contribution is 1.07. The van der Waals surface area contributed by atoms with E-state index in [9.17, 15) is 0 Å². The van der Waals surface area contributed by atoms with Gasteiger partial charge in [0.05, 0.1) is 5.02 Å². The van der Waals surface area contributed by atoms with Crippen LogP contribution in [0.5, 0.6) is 0 Å². The number of hydrogen-bond acceptors (Lipinski definition) is 2. The number of hydrogen-bond donors (Lipinski definition) is 0. The molecule has 76 valence electrons. The van der Waals surface area contributed by atoms with Gasteiger partial charge in [0.15, 0.2) is 5.82 Å². The van der Waals surface area contributed by atoms with Crippen molar-refractivity contribution < 1.29 is 0 Å². The van der Waals surface area contributed by atoms with E-state index < -0.39 is 0 Å². The quantitative estimate of drug-likeness (QED) is 0.733. The first-order chi connectivity index (χ1) is 7.18. The third-order valence-corrected chi connectivity index (χ3v) is 2.67. The Morgan fingerprint density at radius 3 is 2.53 bits per heavy atom. The van der Waals surface area contributed by atoms with Crippen molar-refractivity contribution in [1.29, 1.82) is 0 Å². The average molecular weight is 219 g/mol. The maximum Gasteiger partial charge on any atom is 0.160 e. The number of aromatic nitrogens is 2.